The molecule has 6 nitrogen and oxygen atoms in total. The number of para-hydroxylation sites is 1. The number of nitrogens with zero attached hydrogens (tertiary/aromatic N) is 1. The Morgan fingerprint density at radius 3 is 2.58 bits per heavy atom. The lowest BCUT2D eigenvalue weighted by Gasteiger charge is -2.08. The van der Waals surface area contributed by atoms with E-state index in [0.717, 1.165) is 5.56 Å². The van der Waals surface area contributed by atoms with E-state index in [1.807, 2.05) is 24.3 Å². The number of phenols is 2. The van der Waals surface area contributed by atoms with Crippen LogP contribution in [0.1, 0.15) is 11.1 Å². The standard InChI is InChI=1S/C20H18N2O4/c1-26-19-8-3-2-6-16(19)13-22-20(25)15(12-21)7-4-5-14-9-17(23)11-18(24)10-14/h2-11,23-24H,13H2,1H3,(H,22,25)/b5-4+,15-7+. The van der Waals surface area contributed by atoms with Gasteiger partial charge in [0, 0.05) is 18.2 Å². The minimum absolute atomic E-state index is 0.0690. The molecule has 0 saturated carbocycles. The summed E-state index contributed by atoms with van der Waals surface area (Å²) in [6.07, 6.45) is 4.42. The Kier molecular flexibility index (Phi) is 6.40. The van der Waals surface area contributed by atoms with E-state index in [-0.39, 0.29) is 23.6 Å². The molecule has 0 spiro atoms. The zero-order chi connectivity index (χ0) is 18.9. The Morgan fingerprint density at radius 1 is 1.23 bits per heavy atom. The van der Waals surface area contributed by atoms with Crippen LogP contribution in [0.2, 0.25) is 0 Å². The van der Waals surface area contributed by atoms with Crippen LogP contribution in [-0.4, -0.2) is 23.2 Å². The van der Waals surface area contributed by atoms with Crippen LogP contribution in [0.3, 0.4) is 0 Å². The van der Waals surface area contributed by atoms with Crippen LogP contribution in [0.5, 0.6) is 17.2 Å². The third-order valence-electron chi connectivity index (χ3n) is 3.47. The maximum atomic E-state index is 12.1. The van der Waals surface area contributed by atoms with Gasteiger partial charge in [0.15, 0.2) is 0 Å². The molecule has 1 amide bonds. The normalized spacial score (nSPS) is 11.2. The van der Waals surface area contributed by atoms with Crippen molar-refractivity contribution in [3.63, 3.8) is 0 Å². The predicted molar refractivity (Wildman–Crippen MR) is 97.3 cm³/mol. The number of carbonyl (C=O) groups excluding carboxylic acids is 1. The number of methoxy groups -OCH3 is 1. The molecule has 0 aliphatic rings. The van der Waals surface area contributed by atoms with Crippen LogP contribution in [0.4, 0.5) is 0 Å². The third-order valence-corrected chi connectivity index (χ3v) is 3.47. The van der Waals surface area contributed by atoms with Gasteiger partial charge in [0.05, 0.1) is 7.11 Å². The van der Waals surface area contributed by atoms with Crippen LogP contribution >= 0.6 is 0 Å². The monoisotopic (exact) mass is 350 g/mol. The van der Waals surface area contributed by atoms with Gasteiger partial charge >= 0.3 is 0 Å². The SMILES string of the molecule is COc1ccccc1CNC(=O)/C(C#N)=C/C=C/c1cc(O)cc(O)c1. The number of benzene rings is 2. The van der Waals surface area contributed by atoms with E-state index in [4.69, 9.17) is 10.00 Å². The Hall–Kier alpha value is -3.72. The Labute approximate surface area is 151 Å². The third kappa shape index (κ3) is 5.14. The fourth-order valence-electron chi connectivity index (χ4n) is 2.25. The maximum absolute atomic E-state index is 12.1. The van der Waals surface area contributed by atoms with Crippen LogP contribution in [0, 0.1) is 11.3 Å². The average Bonchev–Trinajstić information content (AvgIpc) is 2.62. The summed E-state index contributed by atoms with van der Waals surface area (Å²) in [7, 11) is 1.55. The number of amides is 1. The number of rotatable bonds is 6. The lowest BCUT2D eigenvalue weighted by atomic mass is 10.1. The molecular formula is C20H18N2O4. The molecule has 2 aromatic carbocycles. The molecule has 0 aromatic heterocycles. The van der Waals surface area contributed by atoms with Gasteiger partial charge in [-0.15, -0.1) is 0 Å². The average molecular weight is 350 g/mol. The Morgan fingerprint density at radius 2 is 1.92 bits per heavy atom. The van der Waals surface area contributed by atoms with Gasteiger partial charge in [-0.05, 0) is 29.8 Å². The summed E-state index contributed by atoms with van der Waals surface area (Å²) < 4.78 is 5.21. The molecule has 0 fully saturated rings. The first-order chi connectivity index (χ1) is 12.5. The second kappa shape index (κ2) is 8.94. The minimum atomic E-state index is -0.512. The molecule has 3 N–H and O–H groups in total. The van der Waals surface area contributed by atoms with Crippen molar-refractivity contribution in [2.24, 2.45) is 0 Å². The van der Waals surface area contributed by atoms with E-state index in [1.54, 1.807) is 19.3 Å². The summed E-state index contributed by atoms with van der Waals surface area (Å²) in [4.78, 5) is 12.1. The fourth-order valence-corrected chi connectivity index (χ4v) is 2.25. The molecule has 0 bridgehead atoms. The first-order valence-corrected chi connectivity index (χ1v) is 7.75. The van der Waals surface area contributed by atoms with Crippen molar-refractivity contribution in [1.82, 2.24) is 5.32 Å². The molecular weight excluding hydrogens is 332 g/mol. The highest BCUT2D eigenvalue weighted by Gasteiger charge is 2.09. The lowest BCUT2D eigenvalue weighted by molar-refractivity contribution is -0.117. The molecule has 2 aromatic rings. The Bertz CT molecular complexity index is 875. The minimum Gasteiger partial charge on any atom is -0.508 e. The van der Waals surface area contributed by atoms with Gasteiger partial charge < -0.3 is 20.3 Å². The zero-order valence-electron chi connectivity index (χ0n) is 14.1. The highest BCUT2D eigenvalue weighted by atomic mass is 16.5. The number of hydrogen-bond acceptors (Lipinski definition) is 5. The number of hydrogen-bond donors (Lipinski definition) is 3. The summed E-state index contributed by atoms with van der Waals surface area (Å²) in [5, 5.41) is 30.7. The van der Waals surface area contributed by atoms with Gasteiger partial charge in [-0.25, -0.2) is 0 Å². The van der Waals surface area contributed by atoms with Gasteiger partial charge in [0.25, 0.3) is 5.91 Å². The number of aromatic hydroxyl groups is 2. The summed E-state index contributed by atoms with van der Waals surface area (Å²) in [6.45, 7) is 0.228. The zero-order valence-corrected chi connectivity index (χ0v) is 14.1. The number of phenolic OH excluding ortho intramolecular Hbond substituents is 2. The molecule has 0 aliphatic heterocycles. The number of allylic oxidation sites excluding steroid dienone is 2. The number of carbonyl (C=O) groups is 1. The summed E-state index contributed by atoms with van der Waals surface area (Å²) in [6, 6.07) is 13.2. The van der Waals surface area contributed by atoms with Crippen LogP contribution < -0.4 is 10.1 Å². The van der Waals surface area contributed by atoms with Crippen LogP contribution in [-0.2, 0) is 11.3 Å². The van der Waals surface area contributed by atoms with Crippen molar-refractivity contribution in [2.75, 3.05) is 7.11 Å². The van der Waals surface area contributed by atoms with Crippen LogP contribution in [0.25, 0.3) is 6.08 Å². The number of nitrogens with one attached hydrogen (secondary N) is 1. The quantitative estimate of drug-likeness (QED) is 0.422. The van der Waals surface area contributed by atoms with Gasteiger partial charge in [0.1, 0.15) is 28.9 Å². The molecule has 132 valence electrons. The van der Waals surface area contributed by atoms with E-state index in [9.17, 15) is 15.0 Å². The summed E-state index contributed by atoms with van der Waals surface area (Å²) in [5.74, 6) is -0.0203. The van der Waals surface area contributed by atoms with Crippen molar-refractivity contribution in [1.29, 1.82) is 5.26 Å². The van der Waals surface area contributed by atoms with Gasteiger partial charge in [-0.1, -0.05) is 30.4 Å². The highest BCUT2D eigenvalue weighted by molar-refractivity contribution is 5.97. The van der Waals surface area contributed by atoms with E-state index < -0.39 is 5.91 Å². The summed E-state index contributed by atoms with van der Waals surface area (Å²) in [5.41, 5.74) is 1.26. The number of ether oxygens (including phenoxy) is 1. The van der Waals surface area contributed by atoms with Gasteiger partial charge in [-0.3, -0.25) is 4.79 Å². The second-order valence-corrected chi connectivity index (χ2v) is 5.33. The molecule has 0 heterocycles. The van der Waals surface area contributed by atoms with E-state index in [1.165, 1.54) is 30.4 Å². The smallest absolute Gasteiger partial charge is 0.262 e. The molecule has 0 aliphatic carbocycles. The van der Waals surface area contributed by atoms with Crippen LogP contribution in [0.15, 0.2) is 60.2 Å². The van der Waals surface area contributed by atoms with Crippen molar-refractivity contribution in [2.45, 2.75) is 6.54 Å². The molecule has 0 saturated heterocycles. The van der Waals surface area contributed by atoms with E-state index in [2.05, 4.69) is 5.32 Å². The van der Waals surface area contributed by atoms with Crippen molar-refractivity contribution in [3.8, 4) is 23.3 Å². The van der Waals surface area contributed by atoms with Crippen molar-refractivity contribution in [3.05, 3.63) is 71.3 Å². The largest absolute Gasteiger partial charge is 0.508 e. The van der Waals surface area contributed by atoms with Crippen molar-refractivity contribution < 1.29 is 19.7 Å². The Balaban J connectivity index is 2.04. The van der Waals surface area contributed by atoms with E-state index in [0.29, 0.717) is 11.3 Å². The molecule has 26 heavy (non-hydrogen) atoms. The molecule has 0 unspecified atom stereocenters. The summed E-state index contributed by atoms with van der Waals surface area (Å²) >= 11 is 0. The van der Waals surface area contributed by atoms with Gasteiger partial charge in [0.2, 0.25) is 0 Å². The topological polar surface area (TPSA) is 103 Å². The van der Waals surface area contributed by atoms with E-state index >= 15 is 0 Å². The molecule has 0 radical (unpaired) electrons. The predicted octanol–water partition coefficient (Wildman–Crippen LogP) is 2.89. The number of nitriles is 1. The first-order valence-electron chi connectivity index (χ1n) is 7.75. The highest BCUT2D eigenvalue weighted by Crippen LogP contribution is 2.21. The molecule has 2 rings (SSSR count). The van der Waals surface area contributed by atoms with Crippen molar-refractivity contribution >= 4 is 12.0 Å². The lowest BCUT2D eigenvalue weighted by Crippen LogP contribution is -2.24. The fraction of sp³-hybridized carbons (Fsp3) is 0.100. The molecule has 0 atom stereocenters. The van der Waals surface area contributed by atoms with Gasteiger partial charge in [-0.2, -0.15) is 5.26 Å². The maximum Gasteiger partial charge on any atom is 0.262 e. The molecule has 6 heteroatoms. The first kappa shape index (κ1) is 18.6. The second-order valence-electron chi connectivity index (χ2n) is 5.33.